The second-order valence-electron chi connectivity index (χ2n) is 6.18. The summed E-state index contributed by atoms with van der Waals surface area (Å²) < 4.78 is 13.9. The molecule has 0 saturated heterocycles. The normalized spacial score (nSPS) is 19.2. The lowest BCUT2D eigenvalue weighted by Crippen LogP contribution is -2.14. The quantitative estimate of drug-likeness (QED) is 0.750. The number of anilines is 1. The first kappa shape index (κ1) is 16.1. The van der Waals surface area contributed by atoms with Crippen LogP contribution in [0.2, 0.25) is 0 Å². The molecule has 2 heterocycles. The fourth-order valence-electron chi connectivity index (χ4n) is 2.80. The van der Waals surface area contributed by atoms with Crippen LogP contribution in [-0.4, -0.2) is 27.2 Å². The minimum Gasteiger partial charge on any atom is -0.392 e. The van der Waals surface area contributed by atoms with Gasteiger partial charge in [-0.1, -0.05) is 17.4 Å². The molecule has 1 aromatic carbocycles. The summed E-state index contributed by atoms with van der Waals surface area (Å²) >= 11 is 1.36. The van der Waals surface area contributed by atoms with Crippen LogP contribution in [0, 0.1) is 12.8 Å². The summed E-state index contributed by atoms with van der Waals surface area (Å²) in [6, 6.07) is 5.82. The molecular formula is C18H16FN3O2S. The number of nitrogens with zero attached hydrogens (tertiary/aromatic N) is 2. The molecule has 4 rings (SSSR count). The van der Waals surface area contributed by atoms with Gasteiger partial charge in [-0.25, -0.2) is 9.37 Å². The van der Waals surface area contributed by atoms with Crippen LogP contribution in [0.4, 0.5) is 9.52 Å². The van der Waals surface area contributed by atoms with Crippen LogP contribution >= 0.6 is 11.3 Å². The molecule has 1 aliphatic carbocycles. The third-order valence-corrected chi connectivity index (χ3v) is 5.40. The van der Waals surface area contributed by atoms with Gasteiger partial charge < -0.3 is 10.4 Å². The number of nitrogens with one attached hydrogen (secondary N) is 1. The van der Waals surface area contributed by atoms with Gasteiger partial charge in [0, 0.05) is 18.0 Å². The van der Waals surface area contributed by atoms with Gasteiger partial charge in [-0.3, -0.25) is 9.78 Å². The van der Waals surface area contributed by atoms with Crippen molar-refractivity contribution in [2.24, 2.45) is 5.92 Å². The van der Waals surface area contributed by atoms with Crippen LogP contribution in [0.15, 0.2) is 30.6 Å². The van der Waals surface area contributed by atoms with Crippen LogP contribution in [0.25, 0.3) is 21.3 Å². The van der Waals surface area contributed by atoms with Gasteiger partial charge in [0.15, 0.2) is 5.13 Å². The molecule has 0 aliphatic heterocycles. The van der Waals surface area contributed by atoms with Crippen molar-refractivity contribution in [2.75, 3.05) is 5.32 Å². The van der Waals surface area contributed by atoms with Gasteiger partial charge in [0.05, 0.1) is 22.7 Å². The third kappa shape index (κ3) is 3.01. The Kier molecular flexibility index (Phi) is 3.97. The van der Waals surface area contributed by atoms with Crippen LogP contribution < -0.4 is 5.32 Å². The number of fused-ring (bicyclic) bond motifs is 1. The van der Waals surface area contributed by atoms with Gasteiger partial charge in [0.25, 0.3) is 0 Å². The predicted octanol–water partition coefficient (Wildman–Crippen LogP) is 3.46. The largest absolute Gasteiger partial charge is 0.392 e. The standard InChI is InChI=1S/C18H16FN3O2S/c1-9-11(8-23)6-20-7-13(9)10-2-3-15-16(4-10)25-18(21-15)22-17(24)12-5-14(12)19/h2-4,6-7,12,14,23H,5,8H2,1H3,(H,21,22,24). The molecular weight excluding hydrogens is 341 g/mol. The van der Waals surface area contributed by atoms with Crippen molar-refractivity contribution in [2.45, 2.75) is 26.1 Å². The molecule has 5 nitrogen and oxygen atoms in total. The minimum absolute atomic E-state index is 0.0532. The Labute approximate surface area is 147 Å². The average molecular weight is 357 g/mol. The lowest BCUT2D eigenvalue weighted by molar-refractivity contribution is -0.117. The number of pyridine rings is 1. The van der Waals surface area contributed by atoms with E-state index >= 15 is 0 Å². The summed E-state index contributed by atoms with van der Waals surface area (Å²) in [5.74, 6) is -0.833. The maximum absolute atomic E-state index is 13.0. The highest BCUT2D eigenvalue weighted by Crippen LogP contribution is 2.36. The third-order valence-electron chi connectivity index (χ3n) is 4.47. The molecule has 1 amide bonds. The Morgan fingerprint density at radius 1 is 1.44 bits per heavy atom. The van der Waals surface area contributed by atoms with E-state index in [1.54, 1.807) is 12.4 Å². The van der Waals surface area contributed by atoms with Gasteiger partial charge in [-0.15, -0.1) is 0 Å². The zero-order valence-electron chi connectivity index (χ0n) is 13.5. The van der Waals surface area contributed by atoms with Gasteiger partial charge in [-0.05, 0) is 42.2 Å². The molecule has 2 aromatic heterocycles. The average Bonchev–Trinajstić information content (AvgIpc) is 3.20. The van der Waals surface area contributed by atoms with E-state index in [-0.39, 0.29) is 12.5 Å². The van der Waals surface area contributed by atoms with Crippen molar-refractivity contribution in [3.8, 4) is 11.1 Å². The number of aliphatic hydroxyl groups excluding tert-OH is 1. The van der Waals surface area contributed by atoms with E-state index in [1.165, 1.54) is 11.3 Å². The molecule has 0 spiro atoms. The highest BCUT2D eigenvalue weighted by molar-refractivity contribution is 7.22. The van der Waals surface area contributed by atoms with Crippen molar-refractivity contribution >= 4 is 32.6 Å². The van der Waals surface area contributed by atoms with E-state index in [4.69, 9.17) is 0 Å². The van der Waals surface area contributed by atoms with Crippen LogP contribution in [0.3, 0.4) is 0 Å². The second kappa shape index (κ2) is 6.16. The fourth-order valence-corrected chi connectivity index (χ4v) is 3.71. The molecule has 2 atom stereocenters. The van der Waals surface area contributed by atoms with Crippen molar-refractivity contribution in [1.82, 2.24) is 9.97 Å². The van der Waals surface area contributed by atoms with E-state index < -0.39 is 12.1 Å². The molecule has 0 bridgehead atoms. The fraction of sp³-hybridized carbons (Fsp3) is 0.278. The predicted molar refractivity (Wildman–Crippen MR) is 95.1 cm³/mol. The number of alkyl halides is 1. The number of hydrogen-bond acceptors (Lipinski definition) is 5. The summed E-state index contributed by atoms with van der Waals surface area (Å²) in [6.07, 6.45) is 2.71. The zero-order valence-corrected chi connectivity index (χ0v) is 14.3. The molecule has 2 N–H and O–H groups in total. The Morgan fingerprint density at radius 2 is 2.24 bits per heavy atom. The summed E-state index contributed by atoms with van der Waals surface area (Å²) in [7, 11) is 0. The number of rotatable bonds is 4. The summed E-state index contributed by atoms with van der Waals surface area (Å²) in [5.41, 5.74) is 4.48. The number of amides is 1. The smallest absolute Gasteiger partial charge is 0.232 e. The summed E-state index contributed by atoms with van der Waals surface area (Å²) in [4.78, 5) is 20.4. The molecule has 1 aliphatic rings. The van der Waals surface area contributed by atoms with Crippen molar-refractivity contribution < 1.29 is 14.3 Å². The first-order valence-corrected chi connectivity index (χ1v) is 8.78. The van der Waals surface area contributed by atoms with E-state index in [1.807, 2.05) is 25.1 Å². The molecule has 0 radical (unpaired) electrons. The summed E-state index contributed by atoms with van der Waals surface area (Å²) in [6.45, 7) is 1.90. The molecule has 25 heavy (non-hydrogen) atoms. The number of halogens is 1. The zero-order chi connectivity index (χ0) is 17.6. The number of aliphatic hydroxyl groups is 1. The molecule has 1 saturated carbocycles. The number of hydrogen-bond donors (Lipinski definition) is 2. The number of carbonyl (C=O) groups is 1. The van der Waals surface area contributed by atoms with Gasteiger partial charge in [-0.2, -0.15) is 0 Å². The summed E-state index contributed by atoms with van der Waals surface area (Å²) in [5, 5.41) is 12.6. The number of thiazole rings is 1. The highest BCUT2D eigenvalue weighted by Gasteiger charge is 2.43. The number of aromatic nitrogens is 2. The lowest BCUT2D eigenvalue weighted by Gasteiger charge is -2.09. The van der Waals surface area contributed by atoms with Crippen LogP contribution in [0.5, 0.6) is 0 Å². The Bertz CT molecular complexity index is 972. The van der Waals surface area contributed by atoms with E-state index in [9.17, 15) is 14.3 Å². The van der Waals surface area contributed by atoms with Crippen molar-refractivity contribution in [1.29, 1.82) is 0 Å². The van der Waals surface area contributed by atoms with E-state index in [0.717, 1.165) is 32.5 Å². The van der Waals surface area contributed by atoms with E-state index in [2.05, 4.69) is 15.3 Å². The minimum atomic E-state index is -1.02. The second-order valence-corrected chi connectivity index (χ2v) is 7.21. The highest BCUT2D eigenvalue weighted by atomic mass is 32.1. The maximum atomic E-state index is 13.0. The Hall–Kier alpha value is -2.38. The molecule has 1 fully saturated rings. The topological polar surface area (TPSA) is 75.1 Å². The molecule has 128 valence electrons. The number of benzene rings is 1. The Morgan fingerprint density at radius 3 is 2.96 bits per heavy atom. The van der Waals surface area contributed by atoms with Gasteiger partial charge in [0.1, 0.15) is 6.17 Å². The number of carbonyl (C=O) groups excluding carboxylic acids is 1. The van der Waals surface area contributed by atoms with E-state index in [0.29, 0.717) is 11.6 Å². The molecule has 7 heteroatoms. The van der Waals surface area contributed by atoms with Crippen molar-refractivity contribution in [3.63, 3.8) is 0 Å². The van der Waals surface area contributed by atoms with Crippen LogP contribution in [-0.2, 0) is 11.4 Å². The van der Waals surface area contributed by atoms with Crippen molar-refractivity contribution in [3.05, 3.63) is 41.7 Å². The maximum Gasteiger partial charge on any atom is 0.232 e. The monoisotopic (exact) mass is 357 g/mol. The first-order valence-electron chi connectivity index (χ1n) is 7.97. The van der Waals surface area contributed by atoms with Crippen LogP contribution in [0.1, 0.15) is 17.5 Å². The van der Waals surface area contributed by atoms with Gasteiger partial charge >= 0.3 is 0 Å². The molecule has 3 aromatic rings. The first-order chi connectivity index (χ1) is 12.1. The SMILES string of the molecule is Cc1c(CO)cncc1-c1ccc2nc(NC(=O)C3CC3F)sc2c1. The Balaban J connectivity index is 1.65. The molecule has 2 unspecified atom stereocenters. The lowest BCUT2D eigenvalue weighted by atomic mass is 10.00. The van der Waals surface area contributed by atoms with Gasteiger partial charge in [0.2, 0.25) is 5.91 Å².